The number of carbonyl (C=O) groups is 1. The SMILES string of the molecule is CCCN(CCNC(=NC)NCC1(C)CCCO1)C(=O)OC(C)(C)C.I. The molecule has 1 fully saturated rings. The molecular weight excluding hydrogens is 447 g/mol. The van der Waals surface area contributed by atoms with E-state index in [1.54, 1.807) is 11.9 Å². The number of nitrogens with zero attached hydrogens (tertiary/aromatic N) is 2. The second-order valence-electron chi connectivity index (χ2n) is 7.72. The Balaban J connectivity index is 0.00000625. The maximum atomic E-state index is 12.2. The van der Waals surface area contributed by atoms with E-state index in [-0.39, 0.29) is 35.7 Å². The van der Waals surface area contributed by atoms with Gasteiger partial charge in [0.2, 0.25) is 0 Å². The number of carbonyl (C=O) groups excluding carboxylic acids is 1. The molecule has 0 aliphatic carbocycles. The smallest absolute Gasteiger partial charge is 0.410 e. The lowest BCUT2D eigenvalue weighted by atomic mass is 10.0. The minimum atomic E-state index is -0.481. The van der Waals surface area contributed by atoms with Crippen molar-refractivity contribution >= 4 is 36.0 Å². The molecule has 26 heavy (non-hydrogen) atoms. The van der Waals surface area contributed by atoms with Gasteiger partial charge in [-0.05, 0) is 47.0 Å². The van der Waals surface area contributed by atoms with Crippen LogP contribution in [0.4, 0.5) is 4.79 Å². The van der Waals surface area contributed by atoms with Crippen molar-refractivity contribution in [2.24, 2.45) is 4.99 Å². The highest BCUT2D eigenvalue weighted by atomic mass is 127. The topological polar surface area (TPSA) is 75.2 Å². The molecule has 7 nitrogen and oxygen atoms in total. The predicted molar refractivity (Wildman–Crippen MR) is 116 cm³/mol. The van der Waals surface area contributed by atoms with Gasteiger partial charge in [0.1, 0.15) is 5.60 Å². The van der Waals surface area contributed by atoms with Crippen LogP contribution in [0.15, 0.2) is 4.99 Å². The first-order chi connectivity index (χ1) is 11.7. The van der Waals surface area contributed by atoms with Gasteiger partial charge in [0.25, 0.3) is 0 Å². The maximum absolute atomic E-state index is 12.2. The van der Waals surface area contributed by atoms with Crippen LogP contribution in [0.3, 0.4) is 0 Å². The molecule has 1 heterocycles. The molecule has 0 aromatic heterocycles. The largest absolute Gasteiger partial charge is 0.444 e. The van der Waals surface area contributed by atoms with Gasteiger partial charge in [-0.15, -0.1) is 24.0 Å². The van der Waals surface area contributed by atoms with E-state index in [9.17, 15) is 4.79 Å². The Hall–Kier alpha value is -0.770. The summed E-state index contributed by atoms with van der Waals surface area (Å²) in [4.78, 5) is 18.2. The summed E-state index contributed by atoms with van der Waals surface area (Å²) in [6.07, 6.45) is 2.78. The van der Waals surface area contributed by atoms with Crippen LogP contribution in [0, 0.1) is 0 Å². The molecule has 1 rings (SSSR count). The Labute approximate surface area is 175 Å². The number of aliphatic imine (C=N–C) groups is 1. The molecular formula is C18H37IN4O3. The first-order valence-electron chi connectivity index (χ1n) is 9.25. The molecule has 8 heteroatoms. The summed E-state index contributed by atoms with van der Waals surface area (Å²) in [6, 6.07) is 0. The average Bonchev–Trinajstić information content (AvgIpc) is 2.95. The Morgan fingerprint density at radius 3 is 2.50 bits per heavy atom. The number of guanidine groups is 1. The molecule has 1 unspecified atom stereocenters. The van der Waals surface area contributed by atoms with E-state index in [0.717, 1.165) is 38.4 Å². The molecule has 0 bridgehead atoms. The van der Waals surface area contributed by atoms with E-state index >= 15 is 0 Å². The van der Waals surface area contributed by atoms with Crippen LogP contribution >= 0.6 is 24.0 Å². The quantitative estimate of drug-likeness (QED) is 0.330. The summed E-state index contributed by atoms with van der Waals surface area (Å²) >= 11 is 0. The summed E-state index contributed by atoms with van der Waals surface area (Å²) in [6.45, 7) is 13.2. The molecule has 0 aromatic carbocycles. The van der Waals surface area contributed by atoms with Gasteiger partial charge in [0.15, 0.2) is 5.96 Å². The van der Waals surface area contributed by atoms with Gasteiger partial charge in [-0.3, -0.25) is 4.99 Å². The lowest BCUT2D eigenvalue weighted by molar-refractivity contribution is 0.0242. The van der Waals surface area contributed by atoms with Crippen LogP contribution < -0.4 is 10.6 Å². The third kappa shape index (κ3) is 9.80. The summed E-state index contributed by atoms with van der Waals surface area (Å²) in [5.41, 5.74) is -0.604. The van der Waals surface area contributed by atoms with Crippen LogP contribution in [0.25, 0.3) is 0 Å². The predicted octanol–water partition coefficient (Wildman–Crippen LogP) is 2.99. The molecule has 1 aliphatic rings. The lowest BCUT2D eigenvalue weighted by Gasteiger charge is -2.28. The van der Waals surface area contributed by atoms with Crippen molar-refractivity contribution in [1.29, 1.82) is 0 Å². The molecule has 2 N–H and O–H groups in total. The molecule has 1 amide bonds. The fourth-order valence-electron chi connectivity index (χ4n) is 2.67. The first-order valence-corrected chi connectivity index (χ1v) is 9.25. The van der Waals surface area contributed by atoms with E-state index in [4.69, 9.17) is 9.47 Å². The molecule has 0 radical (unpaired) electrons. The van der Waals surface area contributed by atoms with Gasteiger partial charge < -0.3 is 25.0 Å². The number of rotatable bonds is 7. The van der Waals surface area contributed by atoms with E-state index < -0.39 is 5.60 Å². The van der Waals surface area contributed by atoms with Gasteiger partial charge in [-0.2, -0.15) is 0 Å². The highest BCUT2D eigenvalue weighted by Gasteiger charge is 2.29. The fourth-order valence-corrected chi connectivity index (χ4v) is 2.67. The van der Waals surface area contributed by atoms with Crippen molar-refractivity contribution in [2.45, 2.75) is 65.1 Å². The molecule has 154 valence electrons. The van der Waals surface area contributed by atoms with Gasteiger partial charge in [-0.25, -0.2) is 4.79 Å². The number of nitrogens with one attached hydrogen (secondary N) is 2. The van der Waals surface area contributed by atoms with Crippen LogP contribution in [-0.2, 0) is 9.47 Å². The van der Waals surface area contributed by atoms with Gasteiger partial charge in [-0.1, -0.05) is 6.92 Å². The third-order valence-electron chi connectivity index (χ3n) is 3.97. The van der Waals surface area contributed by atoms with Crippen molar-refractivity contribution in [1.82, 2.24) is 15.5 Å². The Bertz CT molecular complexity index is 446. The number of hydrogen-bond donors (Lipinski definition) is 2. The van der Waals surface area contributed by atoms with Crippen LogP contribution in [-0.4, -0.2) is 68.0 Å². The van der Waals surface area contributed by atoms with Crippen molar-refractivity contribution in [3.05, 3.63) is 0 Å². The van der Waals surface area contributed by atoms with E-state index in [1.165, 1.54) is 0 Å². The van der Waals surface area contributed by atoms with Gasteiger partial charge in [0, 0.05) is 39.8 Å². The zero-order valence-corrected chi connectivity index (χ0v) is 19.5. The number of halogens is 1. The summed E-state index contributed by atoms with van der Waals surface area (Å²) in [5.74, 6) is 0.720. The highest BCUT2D eigenvalue weighted by Crippen LogP contribution is 2.23. The van der Waals surface area contributed by atoms with E-state index in [2.05, 4.69) is 22.5 Å². The summed E-state index contributed by atoms with van der Waals surface area (Å²) in [7, 11) is 1.74. The number of amides is 1. The van der Waals surface area contributed by atoms with Crippen molar-refractivity contribution in [3.63, 3.8) is 0 Å². The summed E-state index contributed by atoms with van der Waals surface area (Å²) in [5, 5.41) is 6.56. The van der Waals surface area contributed by atoms with Gasteiger partial charge in [0.05, 0.1) is 5.60 Å². The highest BCUT2D eigenvalue weighted by molar-refractivity contribution is 14.0. The zero-order valence-electron chi connectivity index (χ0n) is 17.2. The minimum absolute atomic E-state index is 0. The molecule has 1 saturated heterocycles. The number of hydrogen-bond acceptors (Lipinski definition) is 4. The number of ether oxygens (including phenoxy) is 2. The fraction of sp³-hybridized carbons (Fsp3) is 0.889. The molecule has 0 saturated carbocycles. The van der Waals surface area contributed by atoms with Crippen molar-refractivity contribution in [3.8, 4) is 0 Å². The van der Waals surface area contributed by atoms with E-state index in [0.29, 0.717) is 19.6 Å². The van der Waals surface area contributed by atoms with Crippen LogP contribution in [0.5, 0.6) is 0 Å². The standard InChI is InChI=1S/C18H36N4O3.HI/c1-7-11-22(16(23)25-17(2,3)4)12-10-20-15(19-6)21-14-18(5)9-8-13-24-18;/h7-14H2,1-6H3,(H2,19,20,21);1H. The lowest BCUT2D eigenvalue weighted by Crippen LogP contribution is -2.48. The van der Waals surface area contributed by atoms with Gasteiger partial charge >= 0.3 is 6.09 Å². The monoisotopic (exact) mass is 484 g/mol. The van der Waals surface area contributed by atoms with E-state index in [1.807, 2.05) is 27.7 Å². The Kier molecular flexibility index (Phi) is 11.5. The molecule has 1 aliphatic heterocycles. The van der Waals surface area contributed by atoms with Crippen molar-refractivity contribution < 1.29 is 14.3 Å². The average molecular weight is 484 g/mol. The zero-order chi connectivity index (χ0) is 18.9. The molecule has 0 aromatic rings. The van der Waals surface area contributed by atoms with Crippen LogP contribution in [0.1, 0.15) is 53.9 Å². The Morgan fingerprint density at radius 2 is 2.00 bits per heavy atom. The van der Waals surface area contributed by atoms with Crippen LogP contribution in [0.2, 0.25) is 0 Å². The summed E-state index contributed by atoms with van der Waals surface area (Å²) < 4.78 is 11.2. The first kappa shape index (κ1) is 25.2. The maximum Gasteiger partial charge on any atom is 0.410 e. The molecule has 1 atom stereocenters. The second-order valence-corrected chi connectivity index (χ2v) is 7.72. The minimum Gasteiger partial charge on any atom is -0.444 e. The second kappa shape index (κ2) is 11.8. The third-order valence-corrected chi connectivity index (χ3v) is 3.97. The Morgan fingerprint density at radius 1 is 1.31 bits per heavy atom. The van der Waals surface area contributed by atoms with Crippen molar-refractivity contribution in [2.75, 3.05) is 39.8 Å². The normalized spacial score (nSPS) is 20.3. The molecule has 0 spiro atoms.